The van der Waals surface area contributed by atoms with E-state index in [-0.39, 0.29) is 10.8 Å². The molecule has 30 heavy (non-hydrogen) atoms. The fourth-order valence-corrected chi connectivity index (χ4v) is 4.89. The van der Waals surface area contributed by atoms with Gasteiger partial charge < -0.3 is 14.5 Å². The van der Waals surface area contributed by atoms with Crippen LogP contribution in [-0.4, -0.2) is 71.0 Å². The van der Waals surface area contributed by atoms with Crippen molar-refractivity contribution < 1.29 is 17.9 Å². The van der Waals surface area contributed by atoms with Crippen molar-refractivity contribution in [1.82, 2.24) is 9.80 Å². The van der Waals surface area contributed by atoms with Gasteiger partial charge in [-0.2, -0.15) is 0 Å². The number of hydrogen-bond acceptors (Lipinski definition) is 5. The average molecular weight is 432 g/mol. The van der Waals surface area contributed by atoms with E-state index >= 15 is 0 Å². The number of aryl methyl sites for hydroxylation is 1. The molecule has 1 amide bonds. The van der Waals surface area contributed by atoms with Crippen molar-refractivity contribution in [3.05, 3.63) is 53.6 Å². The minimum Gasteiger partial charge on any atom is -0.497 e. The van der Waals surface area contributed by atoms with Gasteiger partial charge in [0.2, 0.25) is 0 Å². The van der Waals surface area contributed by atoms with Crippen molar-refractivity contribution in [2.45, 2.75) is 18.7 Å². The van der Waals surface area contributed by atoms with Gasteiger partial charge in [0.05, 0.1) is 17.7 Å². The van der Waals surface area contributed by atoms with Crippen LogP contribution in [0.1, 0.15) is 22.8 Å². The third-order valence-electron chi connectivity index (χ3n) is 5.61. The molecule has 3 rings (SSSR count). The molecule has 0 spiro atoms. The highest BCUT2D eigenvalue weighted by Gasteiger charge is 2.25. The minimum absolute atomic E-state index is 0.0129. The van der Waals surface area contributed by atoms with Crippen molar-refractivity contribution in [3.63, 3.8) is 0 Å². The fraction of sp³-hybridized carbons (Fsp3) is 0.409. The first-order valence-electron chi connectivity index (χ1n) is 10.0. The van der Waals surface area contributed by atoms with Crippen molar-refractivity contribution in [3.8, 4) is 5.75 Å². The Bertz CT molecular complexity index is 998. The van der Waals surface area contributed by atoms with Crippen LogP contribution < -0.4 is 9.04 Å². The number of methoxy groups -OCH3 is 1. The van der Waals surface area contributed by atoms with E-state index in [2.05, 4.69) is 11.8 Å². The zero-order chi connectivity index (χ0) is 21.9. The summed E-state index contributed by atoms with van der Waals surface area (Å²) in [5.74, 6) is 0.580. The lowest BCUT2D eigenvalue weighted by Crippen LogP contribution is -2.48. The topological polar surface area (TPSA) is 70.2 Å². The highest BCUT2D eigenvalue weighted by Crippen LogP contribution is 2.27. The van der Waals surface area contributed by atoms with Gasteiger partial charge in [0.15, 0.2) is 0 Å². The molecule has 1 saturated heterocycles. The summed E-state index contributed by atoms with van der Waals surface area (Å²) >= 11 is 0. The third-order valence-corrected chi connectivity index (χ3v) is 7.39. The van der Waals surface area contributed by atoms with Gasteiger partial charge in [-0.05, 0) is 61.5 Å². The summed E-state index contributed by atoms with van der Waals surface area (Å²) < 4.78 is 32.4. The number of sulfonamides is 1. The number of nitrogens with zero attached hydrogens (tertiary/aromatic N) is 3. The average Bonchev–Trinajstić information content (AvgIpc) is 2.78. The molecule has 1 aliphatic heterocycles. The molecule has 0 atom stereocenters. The largest absolute Gasteiger partial charge is 0.497 e. The van der Waals surface area contributed by atoms with E-state index in [1.165, 1.54) is 30.6 Å². The van der Waals surface area contributed by atoms with Gasteiger partial charge in [-0.3, -0.25) is 9.10 Å². The lowest BCUT2D eigenvalue weighted by molar-refractivity contribution is 0.0643. The van der Waals surface area contributed by atoms with Crippen LogP contribution in [0.5, 0.6) is 5.75 Å². The highest BCUT2D eigenvalue weighted by molar-refractivity contribution is 7.92. The van der Waals surface area contributed by atoms with Gasteiger partial charge in [0.1, 0.15) is 5.75 Å². The molecule has 0 aromatic heterocycles. The standard InChI is InChI=1S/C22H29N3O4S/c1-5-24-12-14-25(15-13-24)22(26)18-6-11-21(17(2)16-18)23(3)30(27,28)20-9-7-19(29-4)8-10-20/h6-11,16H,5,12-15H2,1-4H3. The van der Waals surface area contributed by atoms with Crippen LogP contribution in [0.25, 0.3) is 0 Å². The number of carbonyl (C=O) groups excluding carboxylic acids is 1. The number of piperazine rings is 1. The number of anilines is 1. The number of amides is 1. The highest BCUT2D eigenvalue weighted by atomic mass is 32.2. The quantitative estimate of drug-likeness (QED) is 0.703. The molecular formula is C22H29N3O4S. The van der Waals surface area contributed by atoms with E-state index in [1.807, 2.05) is 11.8 Å². The lowest BCUT2D eigenvalue weighted by atomic mass is 10.1. The Morgan fingerprint density at radius 1 is 1.07 bits per heavy atom. The number of likely N-dealkylation sites (N-methyl/N-ethyl adjacent to an activating group) is 1. The zero-order valence-corrected chi connectivity index (χ0v) is 18.8. The Morgan fingerprint density at radius 3 is 2.23 bits per heavy atom. The third kappa shape index (κ3) is 4.44. The number of benzene rings is 2. The Balaban J connectivity index is 1.79. The fourth-order valence-electron chi connectivity index (χ4n) is 3.63. The molecule has 7 nitrogen and oxygen atoms in total. The summed E-state index contributed by atoms with van der Waals surface area (Å²) in [5, 5.41) is 0. The molecule has 8 heteroatoms. The summed E-state index contributed by atoms with van der Waals surface area (Å²) in [6.45, 7) is 8.10. The molecule has 162 valence electrons. The maximum Gasteiger partial charge on any atom is 0.264 e. The second-order valence-corrected chi connectivity index (χ2v) is 9.35. The molecule has 0 unspecified atom stereocenters. The molecule has 1 heterocycles. The molecule has 0 aliphatic carbocycles. The SMILES string of the molecule is CCN1CCN(C(=O)c2ccc(N(C)S(=O)(=O)c3ccc(OC)cc3)c(C)c2)CC1. The summed E-state index contributed by atoms with van der Waals surface area (Å²) in [7, 11) is -0.671. The van der Waals surface area contributed by atoms with Crippen LogP contribution in [0, 0.1) is 6.92 Å². The zero-order valence-electron chi connectivity index (χ0n) is 18.0. The minimum atomic E-state index is -3.73. The normalized spacial score (nSPS) is 15.1. The monoisotopic (exact) mass is 431 g/mol. The van der Waals surface area contributed by atoms with Crippen LogP contribution >= 0.6 is 0 Å². The van der Waals surface area contributed by atoms with Gasteiger partial charge in [-0.25, -0.2) is 8.42 Å². The van der Waals surface area contributed by atoms with E-state index in [1.54, 1.807) is 30.3 Å². The summed E-state index contributed by atoms with van der Waals surface area (Å²) in [6, 6.07) is 11.5. The molecule has 2 aromatic rings. The Morgan fingerprint density at radius 2 is 1.70 bits per heavy atom. The number of hydrogen-bond donors (Lipinski definition) is 0. The van der Waals surface area contributed by atoms with Gasteiger partial charge in [-0.15, -0.1) is 0 Å². The van der Waals surface area contributed by atoms with E-state index < -0.39 is 10.0 Å². The van der Waals surface area contributed by atoms with Crippen LogP contribution in [0.15, 0.2) is 47.4 Å². The molecule has 0 bridgehead atoms. The second-order valence-electron chi connectivity index (χ2n) is 7.38. The molecule has 0 radical (unpaired) electrons. The number of carbonyl (C=O) groups is 1. The molecule has 1 aliphatic rings. The van der Waals surface area contributed by atoms with Crippen molar-refractivity contribution in [2.75, 3.05) is 51.2 Å². The van der Waals surface area contributed by atoms with Crippen LogP contribution in [0.2, 0.25) is 0 Å². The van der Waals surface area contributed by atoms with E-state index in [0.717, 1.165) is 25.2 Å². The van der Waals surface area contributed by atoms with Crippen molar-refractivity contribution >= 4 is 21.6 Å². The maximum atomic E-state index is 13.0. The summed E-state index contributed by atoms with van der Waals surface area (Å²) in [6.07, 6.45) is 0. The van der Waals surface area contributed by atoms with E-state index in [4.69, 9.17) is 4.74 Å². The molecule has 1 fully saturated rings. The lowest BCUT2D eigenvalue weighted by Gasteiger charge is -2.34. The molecule has 2 aromatic carbocycles. The van der Waals surface area contributed by atoms with Gasteiger partial charge in [0.25, 0.3) is 15.9 Å². The summed E-state index contributed by atoms with van der Waals surface area (Å²) in [5.41, 5.74) is 1.85. The molecule has 0 N–H and O–H groups in total. The van der Waals surface area contributed by atoms with Crippen LogP contribution in [0.3, 0.4) is 0 Å². The smallest absolute Gasteiger partial charge is 0.264 e. The molecular weight excluding hydrogens is 402 g/mol. The maximum absolute atomic E-state index is 13.0. The summed E-state index contributed by atoms with van der Waals surface area (Å²) in [4.78, 5) is 17.2. The van der Waals surface area contributed by atoms with Gasteiger partial charge >= 0.3 is 0 Å². The first kappa shape index (κ1) is 22.1. The first-order valence-corrected chi connectivity index (χ1v) is 11.5. The number of ether oxygens (including phenoxy) is 1. The van der Waals surface area contributed by atoms with Crippen molar-refractivity contribution in [2.24, 2.45) is 0 Å². The van der Waals surface area contributed by atoms with Crippen LogP contribution in [0.4, 0.5) is 5.69 Å². The Kier molecular flexibility index (Phi) is 6.67. The Labute approximate surface area is 178 Å². The first-order chi connectivity index (χ1) is 14.3. The van der Waals surface area contributed by atoms with Crippen molar-refractivity contribution in [1.29, 1.82) is 0 Å². The second kappa shape index (κ2) is 9.06. The van der Waals surface area contributed by atoms with Crippen LogP contribution in [-0.2, 0) is 10.0 Å². The van der Waals surface area contributed by atoms with Gasteiger partial charge in [0, 0.05) is 38.8 Å². The van der Waals surface area contributed by atoms with E-state index in [0.29, 0.717) is 30.1 Å². The van der Waals surface area contributed by atoms with E-state index in [9.17, 15) is 13.2 Å². The number of rotatable bonds is 6. The predicted molar refractivity (Wildman–Crippen MR) is 118 cm³/mol. The molecule has 0 saturated carbocycles. The van der Waals surface area contributed by atoms with Gasteiger partial charge in [-0.1, -0.05) is 6.92 Å². The Hall–Kier alpha value is -2.58. The predicted octanol–water partition coefficient (Wildman–Crippen LogP) is 2.61.